The number of hydrogen-bond acceptors (Lipinski definition) is 3. The van der Waals surface area contributed by atoms with E-state index in [4.69, 9.17) is 17.3 Å². The fourth-order valence-corrected chi connectivity index (χ4v) is 1.13. The smallest absolute Gasteiger partial charge is 0.165 e. The highest BCUT2D eigenvalue weighted by atomic mass is 16.5. The van der Waals surface area contributed by atoms with Crippen LogP contribution in [0.15, 0.2) is 24.6 Å². The zero-order chi connectivity index (χ0) is 12.6. The minimum Gasteiger partial charge on any atom is -0.508 e. The summed E-state index contributed by atoms with van der Waals surface area (Å²) in [6.45, 7) is 11.8. The molecule has 0 aliphatic heterocycles. The summed E-state index contributed by atoms with van der Waals surface area (Å²) in [4.78, 5) is 0. The Bertz CT molecular complexity index is 204. The fourth-order valence-electron chi connectivity index (χ4n) is 1.13. The van der Waals surface area contributed by atoms with Crippen molar-refractivity contribution in [1.82, 2.24) is 0 Å². The van der Waals surface area contributed by atoms with Gasteiger partial charge in [0, 0.05) is 5.66 Å². The largest absolute Gasteiger partial charge is 0.508 e. The van der Waals surface area contributed by atoms with Gasteiger partial charge < -0.3 is 14.6 Å². The predicted molar refractivity (Wildman–Crippen MR) is 66.0 cm³/mol. The first-order chi connectivity index (χ1) is 7.41. The summed E-state index contributed by atoms with van der Waals surface area (Å²) in [5.74, 6) is 1.10. The van der Waals surface area contributed by atoms with Crippen LogP contribution in [-0.4, -0.2) is 32.3 Å². The molecule has 0 aromatic carbocycles. The third-order valence-electron chi connectivity index (χ3n) is 2.07. The van der Waals surface area contributed by atoms with E-state index in [0.717, 1.165) is 12.2 Å². The second-order valence-corrected chi connectivity index (χ2v) is 4.13. The third kappa shape index (κ3) is 9.65. The molecule has 0 aromatic rings. The number of allylic oxidation sites excluding steroid dienone is 1. The summed E-state index contributed by atoms with van der Waals surface area (Å²) >= 11 is 0. The molecule has 0 rings (SSSR count). The van der Waals surface area contributed by atoms with E-state index >= 15 is 0 Å². The van der Waals surface area contributed by atoms with Crippen LogP contribution in [0.4, 0.5) is 0 Å². The molecule has 0 saturated heterocycles. The van der Waals surface area contributed by atoms with Crippen LogP contribution in [0.2, 0.25) is 0 Å². The van der Waals surface area contributed by atoms with E-state index in [1.807, 2.05) is 6.92 Å². The first kappa shape index (κ1) is 15.1. The molecule has 0 fully saturated rings. The quantitative estimate of drug-likeness (QED) is 0.480. The molecule has 0 heterocycles. The van der Waals surface area contributed by atoms with Gasteiger partial charge in [0.15, 0.2) is 7.85 Å². The maximum absolute atomic E-state index is 9.54. The van der Waals surface area contributed by atoms with E-state index in [9.17, 15) is 5.11 Å². The molecule has 2 unspecified atom stereocenters. The number of rotatable bonds is 9. The van der Waals surface area contributed by atoms with Crippen LogP contribution in [0, 0.1) is 5.92 Å². The standard InChI is InChI=1S/C12H21BO3/c1-9(2)15-7-10(3)5-6-12(14)8-16-11(4)13/h10,12,14H,1,4-8H2,2-3H3. The SMILES string of the molecule is [B]C(=C)OCC(O)CCC(C)COC(=C)C. The van der Waals surface area contributed by atoms with Gasteiger partial charge in [0.25, 0.3) is 0 Å². The molecule has 90 valence electrons. The molecule has 3 nitrogen and oxygen atoms in total. The summed E-state index contributed by atoms with van der Waals surface area (Å²) in [5.41, 5.74) is 0.137. The number of aliphatic hydroxyl groups is 1. The summed E-state index contributed by atoms with van der Waals surface area (Å²) in [6, 6.07) is 0. The lowest BCUT2D eigenvalue weighted by atomic mass is 10.0. The zero-order valence-electron chi connectivity index (χ0n) is 10.2. The lowest BCUT2D eigenvalue weighted by Crippen LogP contribution is -2.17. The fraction of sp³-hybridized carbons (Fsp3) is 0.667. The molecule has 0 bridgehead atoms. The molecule has 2 radical (unpaired) electrons. The van der Waals surface area contributed by atoms with E-state index in [0.29, 0.717) is 18.9 Å². The maximum Gasteiger partial charge on any atom is 0.165 e. The Kier molecular flexibility index (Phi) is 7.82. The van der Waals surface area contributed by atoms with E-state index in [-0.39, 0.29) is 12.3 Å². The van der Waals surface area contributed by atoms with Crippen LogP contribution >= 0.6 is 0 Å². The molecule has 16 heavy (non-hydrogen) atoms. The Balaban J connectivity index is 3.54. The topological polar surface area (TPSA) is 38.7 Å². The number of aliphatic hydroxyl groups excluding tert-OH is 1. The monoisotopic (exact) mass is 224 g/mol. The molecular formula is C12H21BO3. The van der Waals surface area contributed by atoms with Crippen molar-refractivity contribution < 1.29 is 14.6 Å². The summed E-state index contributed by atoms with van der Waals surface area (Å²) < 4.78 is 10.2. The maximum atomic E-state index is 9.54. The predicted octanol–water partition coefficient (Wildman–Crippen LogP) is 1.97. The molecule has 0 aromatic heterocycles. The van der Waals surface area contributed by atoms with Gasteiger partial charge in [-0.15, -0.1) is 0 Å². The van der Waals surface area contributed by atoms with E-state index in [1.54, 1.807) is 0 Å². The Hall–Kier alpha value is -0.895. The van der Waals surface area contributed by atoms with Crippen molar-refractivity contribution in [2.45, 2.75) is 32.8 Å². The van der Waals surface area contributed by atoms with Crippen molar-refractivity contribution in [3.8, 4) is 0 Å². The van der Waals surface area contributed by atoms with Crippen molar-refractivity contribution in [3.63, 3.8) is 0 Å². The normalized spacial score (nSPS) is 13.9. The van der Waals surface area contributed by atoms with Gasteiger partial charge in [-0.25, -0.2) is 0 Å². The van der Waals surface area contributed by atoms with Crippen molar-refractivity contribution in [2.24, 2.45) is 5.92 Å². The van der Waals surface area contributed by atoms with E-state index in [1.165, 1.54) is 0 Å². The van der Waals surface area contributed by atoms with Gasteiger partial charge in [-0.3, -0.25) is 0 Å². The van der Waals surface area contributed by atoms with Gasteiger partial charge in [-0.2, -0.15) is 0 Å². The lowest BCUT2D eigenvalue weighted by Gasteiger charge is -2.16. The molecule has 2 atom stereocenters. The Labute approximate surface area is 99.5 Å². The van der Waals surface area contributed by atoms with Crippen molar-refractivity contribution in [2.75, 3.05) is 13.2 Å². The van der Waals surface area contributed by atoms with Gasteiger partial charge in [-0.05, 0) is 25.7 Å². The highest BCUT2D eigenvalue weighted by Gasteiger charge is 2.09. The zero-order valence-corrected chi connectivity index (χ0v) is 10.2. The van der Waals surface area contributed by atoms with Gasteiger partial charge in [-0.1, -0.05) is 20.1 Å². The van der Waals surface area contributed by atoms with Crippen LogP contribution in [0.3, 0.4) is 0 Å². The molecule has 0 saturated carbocycles. The van der Waals surface area contributed by atoms with Gasteiger partial charge in [0.05, 0.1) is 18.5 Å². The minimum atomic E-state index is -0.507. The molecule has 0 spiro atoms. The minimum absolute atomic E-state index is 0.137. The number of ether oxygens (including phenoxy) is 2. The third-order valence-corrected chi connectivity index (χ3v) is 2.07. The molecular weight excluding hydrogens is 203 g/mol. The molecule has 0 amide bonds. The van der Waals surface area contributed by atoms with E-state index < -0.39 is 6.10 Å². The van der Waals surface area contributed by atoms with Crippen LogP contribution in [-0.2, 0) is 9.47 Å². The summed E-state index contributed by atoms with van der Waals surface area (Å²) in [6.07, 6.45) is 1.02. The van der Waals surface area contributed by atoms with Gasteiger partial charge in [0.2, 0.25) is 0 Å². The van der Waals surface area contributed by atoms with Crippen LogP contribution in [0.5, 0.6) is 0 Å². The first-order valence-corrected chi connectivity index (χ1v) is 5.45. The Morgan fingerprint density at radius 3 is 2.38 bits per heavy atom. The average Bonchev–Trinajstić information content (AvgIpc) is 2.20. The second-order valence-electron chi connectivity index (χ2n) is 4.13. The van der Waals surface area contributed by atoms with Gasteiger partial charge >= 0.3 is 0 Å². The van der Waals surface area contributed by atoms with Crippen molar-refractivity contribution in [3.05, 3.63) is 24.6 Å². The van der Waals surface area contributed by atoms with Crippen LogP contribution in [0.25, 0.3) is 0 Å². The molecule has 4 heteroatoms. The second kappa shape index (κ2) is 8.28. The summed E-state index contributed by atoms with van der Waals surface area (Å²) in [5, 5.41) is 9.54. The lowest BCUT2D eigenvalue weighted by molar-refractivity contribution is 0.0652. The van der Waals surface area contributed by atoms with Gasteiger partial charge in [0.1, 0.15) is 6.61 Å². The van der Waals surface area contributed by atoms with Crippen LogP contribution in [0.1, 0.15) is 26.7 Å². The molecule has 1 N–H and O–H groups in total. The van der Waals surface area contributed by atoms with Crippen molar-refractivity contribution >= 4 is 7.85 Å². The molecule has 0 aliphatic rings. The van der Waals surface area contributed by atoms with Crippen molar-refractivity contribution in [1.29, 1.82) is 0 Å². The summed E-state index contributed by atoms with van der Waals surface area (Å²) in [7, 11) is 5.22. The Morgan fingerprint density at radius 1 is 1.25 bits per heavy atom. The van der Waals surface area contributed by atoms with Crippen LogP contribution < -0.4 is 0 Å². The first-order valence-electron chi connectivity index (χ1n) is 5.45. The number of hydrogen-bond donors (Lipinski definition) is 1. The highest BCUT2D eigenvalue weighted by molar-refractivity contribution is 6.19. The molecule has 0 aliphatic carbocycles. The van der Waals surface area contributed by atoms with E-state index in [2.05, 4.69) is 20.1 Å². The highest BCUT2D eigenvalue weighted by Crippen LogP contribution is 2.10. The Morgan fingerprint density at radius 2 is 1.88 bits per heavy atom. The average molecular weight is 224 g/mol.